The monoisotopic (exact) mass is 430 g/mol. The molecule has 2 rings (SSSR count). The van der Waals surface area contributed by atoms with Gasteiger partial charge in [0.25, 0.3) is 0 Å². The van der Waals surface area contributed by atoms with Crippen LogP contribution in [0.1, 0.15) is 39.2 Å². The van der Waals surface area contributed by atoms with Crippen molar-refractivity contribution in [2.24, 2.45) is 0 Å². The molecule has 0 saturated carbocycles. The van der Waals surface area contributed by atoms with E-state index in [1.807, 2.05) is 18.2 Å². The molecule has 0 radical (unpaired) electrons. The molecule has 31 heavy (non-hydrogen) atoms. The molecule has 7 nitrogen and oxygen atoms in total. The first kappa shape index (κ1) is 23.9. The summed E-state index contributed by atoms with van der Waals surface area (Å²) in [4.78, 5) is 36.9. The van der Waals surface area contributed by atoms with Gasteiger partial charge in [0.1, 0.15) is 24.1 Å². The van der Waals surface area contributed by atoms with E-state index in [9.17, 15) is 18.8 Å². The Hall–Kier alpha value is -3.42. The number of amides is 2. The van der Waals surface area contributed by atoms with Crippen LogP contribution in [-0.2, 0) is 25.7 Å². The largest absolute Gasteiger partial charge is 0.460 e. The minimum Gasteiger partial charge on any atom is -0.460 e. The second kappa shape index (κ2) is 11.1. The van der Waals surface area contributed by atoms with E-state index in [-0.39, 0.29) is 19.4 Å². The van der Waals surface area contributed by atoms with E-state index in [0.717, 1.165) is 5.56 Å². The zero-order valence-electron chi connectivity index (χ0n) is 17.8. The van der Waals surface area contributed by atoms with Crippen molar-refractivity contribution in [3.05, 3.63) is 66.0 Å². The molecule has 0 unspecified atom stereocenters. The lowest BCUT2D eigenvalue weighted by Crippen LogP contribution is -2.44. The molecule has 0 aliphatic rings. The fraction of sp³-hybridized carbons (Fsp3) is 0.348. The minimum atomic E-state index is -1.05. The normalized spacial score (nSPS) is 11.9. The third kappa shape index (κ3) is 9.29. The second-order valence-corrected chi connectivity index (χ2v) is 7.88. The fourth-order valence-corrected chi connectivity index (χ4v) is 2.59. The van der Waals surface area contributed by atoms with E-state index < -0.39 is 35.4 Å². The van der Waals surface area contributed by atoms with Gasteiger partial charge in [-0.1, -0.05) is 30.3 Å². The van der Waals surface area contributed by atoms with E-state index >= 15 is 0 Å². The number of benzene rings is 2. The molecule has 0 aromatic heterocycles. The van der Waals surface area contributed by atoms with Crippen LogP contribution in [0.3, 0.4) is 0 Å². The molecule has 0 heterocycles. The van der Waals surface area contributed by atoms with Gasteiger partial charge >= 0.3 is 12.1 Å². The highest BCUT2D eigenvalue weighted by molar-refractivity contribution is 5.96. The number of carbonyl (C=O) groups is 3. The van der Waals surface area contributed by atoms with Crippen LogP contribution in [0.2, 0.25) is 0 Å². The number of esters is 1. The van der Waals surface area contributed by atoms with Gasteiger partial charge in [0.2, 0.25) is 5.91 Å². The Balaban J connectivity index is 1.99. The highest BCUT2D eigenvalue weighted by Gasteiger charge is 2.24. The molecule has 166 valence electrons. The zero-order valence-corrected chi connectivity index (χ0v) is 17.8. The van der Waals surface area contributed by atoms with Gasteiger partial charge in [-0.2, -0.15) is 0 Å². The lowest BCUT2D eigenvalue weighted by molar-refractivity contribution is -0.155. The van der Waals surface area contributed by atoms with E-state index in [1.165, 1.54) is 24.3 Å². The van der Waals surface area contributed by atoms with Crippen molar-refractivity contribution >= 4 is 23.7 Å². The van der Waals surface area contributed by atoms with Crippen LogP contribution in [0.5, 0.6) is 0 Å². The first-order valence-electron chi connectivity index (χ1n) is 9.88. The molecule has 0 spiro atoms. The summed E-state index contributed by atoms with van der Waals surface area (Å²) in [6.07, 6.45) is -0.882. The number of anilines is 1. The van der Waals surface area contributed by atoms with Crippen LogP contribution in [0.15, 0.2) is 54.6 Å². The van der Waals surface area contributed by atoms with E-state index in [4.69, 9.17) is 9.47 Å². The standard InChI is InChI=1S/C23H27FN2O5/c1-23(2,3)31-20(27)14-13-19(21(28)25-18-11-9-17(24)10-12-18)26-22(29)30-15-16-7-5-4-6-8-16/h4-12,19H,13-15H2,1-3H3,(H,25,28)(H,26,29)/t19-/m0/s1. The Morgan fingerprint density at radius 1 is 1.00 bits per heavy atom. The minimum absolute atomic E-state index is 0.00236. The number of rotatable bonds is 8. The molecule has 8 heteroatoms. The average molecular weight is 430 g/mol. The van der Waals surface area contributed by atoms with Gasteiger partial charge < -0.3 is 20.1 Å². The summed E-state index contributed by atoms with van der Waals surface area (Å²) < 4.78 is 23.5. The average Bonchev–Trinajstić information content (AvgIpc) is 2.70. The van der Waals surface area contributed by atoms with Gasteiger partial charge in [0, 0.05) is 12.1 Å². The van der Waals surface area contributed by atoms with Gasteiger partial charge in [-0.3, -0.25) is 9.59 Å². The van der Waals surface area contributed by atoms with Gasteiger partial charge in [0.15, 0.2) is 0 Å². The van der Waals surface area contributed by atoms with E-state index in [1.54, 1.807) is 32.9 Å². The van der Waals surface area contributed by atoms with Gasteiger partial charge in [-0.05, 0) is 57.0 Å². The highest BCUT2D eigenvalue weighted by Crippen LogP contribution is 2.13. The molecule has 1 atom stereocenters. The molecule has 2 amide bonds. The molecular weight excluding hydrogens is 403 g/mol. The van der Waals surface area contributed by atoms with Crippen LogP contribution in [0.4, 0.5) is 14.9 Å². The maximum atomic E-state index is 13.1. The number of ether oxygens (including phenoxy) is 2. The molecule has 0 aliphatic carbocycles. The van der Waals surface area contributed by atoms with E-state index in [2.05, 4.69) is 10.6 Å². The van der Waals surface area contributed by atoms with Crippen molar-refractivity contribution in [1.29, 1.82) is 0 Å². The predicted octanol–water partition coefficient (Wildman–Crippen LogP) is 4.18. The number of hydrogen-bond acceptors (Lipinski definition) is 5. The highest BCUT2D eigenvalue weighted by atomic mass is 19.1. The van der Waals surface area contributed by atoms with Crippen molar-refractivity contribution in [2.75, 3.05) is 5.32 Å². The van der Waals surface area contributed by atoms with Crippen molar-refractivity contribution < 1.29 is 28.2 Å². The Morgan fingerprint density at radius 2 is 1.65 bits per heavy atom. The molecule has 2 N–H and O–H groups in total. The Bertz CT molecular complexity index is 879. The topological polar surface area (TPSA) is 93.7 Å². The van der Waals surface area contributed by atoms with E-state index in [0.29, 0.717) is 5.69 Å². The fourth-order valence-electron chi connectivity index (χ4n) is 2.59. The Labute approximate surface area is 180 Å². The summed E-state index contributed by atoms with van der Waals surface area (Å²) in [6.45, 7) is 5.25. The van der Waals surface area contributed by atoms with Crippen LogP contribution in [0, 0.1) is 5.82 Å². The van der Waals surface area contributed by atoms with Crippen LogP contribution in [-0.4, -0.2) is 29.6 Å². The first-order valence-corrected chi connectivity index (χ1v) is 9.88. The lowest BCUT2D eigenvalue weighted by atomic mass is 10.1. The summed E-state index contributed by atoms with van der Waals surface area (Å²) in [5.41, 5.74) is 0.484. The number of carbonyl (C=O) groups excluding carboxylic acids is 3. The van der Waals surface area contributed by atoms with Crippen molar-refractivity contribution in [1.82, 2.24) is 5.32 Å². The zero-order chi connectivity index (χ0) is 22.9. The quantitative estimate of drug-likeness (QED) is 0.613. The number of nitrogens with one attached hydrogen (secondary N) is 2. The molecule has 2 aromatic rings. The summed E-state index contributed by atoms with van der Waals surface area (Å²) in [7, 11) is 0. The summed E-state index contributed by atoms with van der Waals surface area (Å²) in [5, 5.41) is 5.07. The summed E-state index contributed by atoms with van der Waals surface area (Å²) in [6, 6.07) is 13.2. The Kier molecular flexibility index (Phi) is 8.54. The van der Waals surface area contributed by atoms with Crippen LogP contribution in [0.25, 0.3) is 0 Å². The maximum absolute atomic E-state index is 13.1. The summed E-state index contributed by atoms with van der Waals surface area (Å²) >= 11 is 0. The smallest absolute Gasteiger partial charge is 0.408 e. The van der Waals surface area contributed by atoms with Crippen LogP contribution < -0.4 is 10.6 Å². The first-order chi connectivity index (χ1) is 14.6. The number of halogens is 1. The Morgan fingerprint density at radius 3 is 2.26 bits per heavy atom. The van der Waals surface area contributed by atoms with Gasteiger partial charge in [-0.15, -0.1) is 0 Å². The van der Waals surface area contributed by atoms with Crippen molar-refractivity contribution in [3.8, 4) is 0 Å². The molecule has 2 aromatic carbocycles. The lowest BCUT2D eigenvalue weighted by Gasteiger charge is -2.21. The van der Waals surface area contributed by atoms with Gasteiger partial charge in [0.05, 0.1) is 0 Å². The maximum Gasteiger partial charge on any atom is 0.408 e. The molecule has 0 bridgehead atoms. The van der Waals surface area contributed by atoms with Crippen LogP contribution >= 0.6 is 0 Å². The van der Waals surface area contributed by atoms with Gasteiger partial charge in [-0.25, -0.2) is 9.18 Å². The summed E-state index contributed by atoms with van der Waals surface area (Å²) in [5.74, 6) is -1.50. The van der Waals surface area contributed by atoms with Crippen molar-refractivity contribution in [3.63, 3.8) is 0 Å². The third-order valence-corrected chi connectivity index (χ3v) is 3.99. The SMILES string of the molecule is CC(C)(C)OC(=O)CC[C@H](NC(=O)OCc1ccccc1)C(=O)Nc1ccc(F)cc1. The number of alkyl carbamates (subject to hydrolysis) is 1. The molecular formula is C23H27FN2O5. The van der Waals surface area contributed by atoms with Crippen molar-refractivity contribution in [2.45, 2.75) is 51.9 Å². The second-order valence-electron chi connectivity index (χ2n) is 7.88. The molecule has 0 saturated heterocycles. The number of hydrogen-bond donors (Lipinski definition) is 2. The third-order valence-electron chi connectivity index (χ3n) is 3.99. The molecule has 0 aliphatic heterocycles. The predicted molar refractivity (Wildman–Crippen MR) is 114 cm³/mol. The molecule has 0 fully saturated rings.